The summed E-state index contributed by atoms with van der Waals surface area (Å²) in [6.45, 7) is 4.09. The summed E-state index contributed by atoms with van der Waals surface area (Å²) in [7, 11) is -3.96. The summed E-state index contributed by atoms with van der Waals surface area (Å²) in [4.78, 5) is 4.48. The predicted octanol–water partition coefficient (Wildman–Crippen LogP) is 5.57. The van der Waals surface area contributed by atoms with E-state index >= 15 is 0 Å². The van der Waals surface area contributed by atoms with E-state index in [1.165, 1.54) is 12.1 Å². The number of rotatable bonds is 7. The fraction of sp³-hybridized carbons (Fsp3) is 0.136. The van der Waals surface area contributed by atoms with Crippen molar-refractivity contribution < 1.29 is 17.3 Å². The Labute approximate surface area is 175 Å². The van der Waals surface area contributed by atoms with E-state index in [0.29, 0.717) is 23.1 Å². The van der Waals surface area contributed by atoms with Gasteiger partial charge in [0.1, 0.15) is 4.90 Å². The maximum absolute atomic E-state index is 12.5. The SMILES string of the molecule is CCOc1cc(C=Nc2ccc(C)c(Cl)c2)ccc1OS(=O)(=O)c1ccccc1. The van der Waals surface area contributed by atoms with Gasteiger partial charge in [0.05, 0.1) is 12.3 Å². The summed E-state index contributed by atoms with van der Waals surface area (Å²) in [5.74, 6) is 0.434. The highest BCUT2D eigenvalue weighted by atomic mass is 35.5. The highest BCUT2D eigenvalue weighted by molar-refractivity contribution is 7.87. The molecule has 0 aliphatic rings. The number of benzene rings is 3. The maximum Gasteiger partial charge on any atom is 0.339 e. The quantitative estimate of drug-likeness (QED) is 0.364. The van der Waals surface area contributed by atoms with Gasteiger partial charge in [0, 0.05) is 11.2 Å². The minimum atomic E-state index is -3.96. The van der Waals surface area contributed by atoms with E-state index in [9.17, 15) is 8.42 Å². The third kappa shape index (κ3) is 5.37. The first-order valence-corrected chi connectivity index (χ1v) is 10.7. The lowest BCUT2D eigenvalue weighted by atomic mass is 10.2. The van der Waals surface area contributed by atoms with Gasteiger partial charge >= 0.3 is 10.1 Å². The molecule has 0 aliphatic heterocycles. The van der Waals surface area contributed by atoms with E-state index in [1.54, 1.807) is 48.7 Å². The highest BCUT2D eigenvalue weighted by Gasteiger charge is 2.19. The van der Waals surface area contributed by atoms with E-state index in [1.807, 2.05) is 26.0 Å². The van der Waals surface area contributed by atoms with Crippen LogP contribution in [-0.2, 0) is 10.1 Å². The fourth-order valence-electron chi connectivity index (χ4n) is 2.51. The molecule has 0 radical (unpaired) electrons. The van der Waals surface area contributed by atoms with Gasteiger partial charge in [0.2, 0.25) is 0 Å². The Hall–Kier alpha value is -2.83. The van der Waals surface area contributed by atoms with Crippen LogP contribution in [-0.4, -0.2) is 21.2 Å². The molecule has 0 atom stereocenters. The van der Waals surface area contributed by atoms with Crippen LogP contribution < -0.4 is 8.92 Å². The molecule has 3 aromatic carbocycles. The van der Waals surface area contributed by atoms with E-state index in [0.717, 1.165) is 11.1 Å². The van der Waals surface area contributed by atoms with Crippen LogP contribution in [0, 0.1) is 6.92 Å². The summed E-state index contributed by atoms with van der Waals surface area (Å²) in [6, 6.07) is 18.4. The summed E-state index contributed by atoms with van der Waals surface area (Å²) in [5, 5.41) is 0.643. The summed E-state index contributed by atoms with van der Waals surface area (Å²) >= 11 is 6.13. The molecule has 0 unspecified atom stereocenters. The van der Waals surface area contributed by atoms with Gasteiger partial charge in [-0.3, -0.25) is 4.99 Å². The van der Waals surface area contributed by atoms with Crippen LogP contribution in [0.5, 0.6) is 11.5 Å². The molecule has 0 amide bonds. The van der Waals surface area contributed by atoms with Crippen LogP contribution in [0.3, 0.4) is 0 Å². The first-order chi connectivity index (χ1) is 13.9. The molecule has 0 N–H and O–H groups in total. The van der Waals surface area contributed by atoms with E-state index in [2.05, 4.69) is 4.99 Å². The van der Waals surface area contributed by atoms with Crippen molar-refractivity contribution in [1.29, 1.82) is 0 Å². The van der Waals surface area contributed by atoms with Crippen molar-refractivity contribution in [2.24, 2.45) is 4.99 Å². The summed E-state index contributed by atoms with van der Waals surface area (Å²) < 4.78 is 35.9. The van der Waals surface area contributed by atoms with E-state index in [-0.39, 0.29) is 10.6 Å². The number of hydrogen-bond donors (Lipinski definition) is 0. The Morgan fingerprint density at radius 3 is 2.45 bits per heavy atom. The minimum absolute atomic E-state index is 0.0735. The third-order valence-electron chi connectivity index (χ3n) is 4.02. The number of aryl methyl sites for hydroxylation is 1. The van der Waals surface area contributed by atoms with Crippen LogP contribution >= 0.6 is 11.6 Å². The standard InChI is InChI=1S/C22H20ClNO4S/c1-3-27-22-13-17(15-24-18-11-9-16(2)20(23)14-18)10-12-21(22)28-29(25,26)19-7-5-4-6-8-19/h4-15H,3H2,1-2H3. The minimum Gasteiger partial charge on any atom is -0.490 e. The van der Waals surface area contributed by atoms with Gasteiger partial charge in [-0.1, -0.05) is 35.9 Å². The van der Waals surface area contributed by atoms with Gasteiger partial charge < -0.3 is 8.92 Å². The number of halogens is 1. The number of aliphatic imine (C=N–C) groups is 1. The van der Waals surface area contributed by atoms with Crippen LogP contribution in [0.2, 0.25) is 5.02 Å². The number of hydrogen-bond acceptors (Lipinski definition) is 5. The molecule has 0 saturated carbocycles. The molecule has 3 aromatic rings. The zero-order valence-electron chi connectivity index (χ0n) is 16.0. The zero-order chi connectivity index (χ0) is 20.9. The molecule has 0 heterocycles. The first kappa shape index (κ1) is 20.9. The number of ether oxygens (including phenoxy) is 1. The second-order valence-electron chi connectivity index (χ2n) is 6.18. The molecule has 150 valence electrons. The van der Waals surface area contributed by atoms with E-state index < -0.39 is 10.1 Å². The Bertz CT molecular complexity index is 1130. The number of nitrogens with zero attached hydrogens (tertiary/aromatic N) is 1. The van der Waals surface area contributed by atoms with Crippen molar-refractivity contribution in [2.75, 3.05) is 6.61 Å². The maximum atomic E-state index is 12.5. The second-order valence-corrected chi connectivity index (χ2v) is 8.13. The van der Waals surface area contributed by atoms with Crippen molar-refractivity contribution in [3.8, 4) is 11.5 Å². The van der Waals surface area contributed by atoms with Crippen LogP contribution in [0.25, 0.3) is 0 Å². The molecule has 0 bridgehead atoms. The Morgan fingerprint density at radius 2 is 1.76 bits per heavy atom. The Balaban J connectivity index is 1.87. The van der Waals surface area contributed by atoms with Crippen LogP contribution in [0.4, 0.5) is 5.69 Å². The van der Waals surface area contributed by atoms with Crippen molar-refractivity contribution in [3.63, 3.8) is 0 Å². The van der Waals surface area contributed by atoms with Gasteiger partial charge in [0.25, 0.3) is 0 Å². The lowest BCUT2D eigenvalue weighted by Crippen LogP contribution is -2.10. The molecule has 0 aliphatic carbocycles. The van der Waals surface area contributed by atoms with Gasteiger partial charge in [-0.05, 0) is 67.4 Å². The average Bonchev–Trinajstić information content (AvgIpc) is 2.71. The van der Waals surface area contributed by atoms with Crippen LogP contribution in [0.1, 0.15) is 18.1 Å². The topological polar surface area (TPSA) is 65.0 Å². The lowest BCUT2D eigenvalue weighted by Gasteiger charge is -2.12. The van der Waals surface area contributed by atoms with Crippen molar-refractivity contribution in [1.82, 2.24) is 0 Å². The molecule has 0 spiro atoms. The third-order valence-corrected chi connectivity index (χ3v) is 5.67. The molecular formula is C22H20ClNO4S. The first-order valence-electron chi connectivity index (χ1n) is 8.95. The molecule has 0 aromatic heterocycles. The van der Waals surface area contributed by atoms with Crippen molar-refractivity contribution in [2.45, 2.75) is 18.7 Å². The van der Waals surface area contributed by atoms with Crippen LogP contribution in [0.15, 0.2) is 76.6 Å². The lowest BCUT2D eigenvalue weighted by molar-refractivity contribution is 0.327. The molecule has 0 saturated heterocycles. The normalized spacial score (nSPS) is 11.6. The van der Waals surface area contributed by atoms with Gasteiger partial charge in [0.15, 0.2) is 11.5 Å². The van der Waals surface area contributed by atoms with Gasteiger partial charge in [-0.25, -0.2) is 0 Å². The fourth-order valence-corrected chi connectivity index (χ4v) is 3.64. The van der Waals surface area contributed by atoms with Crippen molar-refractivity contribution in [3.05, 3.63) is 82.9 Å². The Kier molecular flexibility index (Phi) is 6.56. The average molecular weight is 430 g/mol. The molecule has 3 rings (SSSR count). The molecule has 0 fully saturated rings. The second kappa shape index (κ2) is 9.11. The monoisotopic (exact) mass is 429 g/mol. The summed E-state index contributed by atoms with van der Waals surface area (Å²) in [6.07, 6.45) is 1.65. The van der Waals surface area contributed by atoms with Gasteiger partial charge in [-0.2, -0.15) is 8.42 Å². The Morgan fingerprint density at radius 1 is 1.00 bits per heavy atom. The zero-order valence-corrected chi connectivity index (χ0v) is 17.6. The smallest absolute Gasteiger partial charge is 0.339 e. The largest absolute Gasteiger partial charge is 0.490 e. The van der Waals surface area contributed by atoms with Crippen molar-refractivity contribution >= 4 is 33.6 Å². The molecule has 7 heteroatoms. The summed E-state index contributed by atoms with van der Waals surface area (Å²) in [5.41, 5.74) is 2.42. The molecule has 29 heavy (non-hydrogen) atoms. The highest BCUT2D eigenvalue weighted by Crippen LogP contribution is 2.31. The molecule has 5 nitrogen and oxygen atoms in total. The molecular weight excluding hydrogens is 410 g/mol. The van der Waals surface area contributed by atoms with Gasteiger partial charge in [-0.15, -0.1) is 0 Å². The predicted molar refractivity (Wildman–Crippen MR) is 115 cm³/mol. The van der Waals surface area contributed by atoms with E-state index in [4.69, 9.17) is 20.5 Å².